The first-order valence-electron chi connectivity index (χ1n) is 19.1. The van der Waals surface area contributed by atoms with E-state index in [-0.39, 0.29) is 29.7 Å². The lowest BCUT2D eigenvalue weighted by Gasteiger charge is -2.30. The molecule has 0 aromatic carbocycles. The summed E-state index contributed by atoms with van der Waals surface area (Å²) in [6, 6.07) is 0. The molecule has 0 nitrogen and oxygen atoms in total. The molecule has 0 aliphatic heterocycles. The normalized spacial score (nSPS) is 29.6. The van der Waals surface area contributed by atoms with Crippen LogP contribution in [0.15, 0.2) is 46.6 Å². The topological polar surface area (TPSA) is 0 Å². The van der Waals surface area contributed by atoms with Crippen LogP contribution in [0.25, 0.3) is 0 Å². The van der Waals surface area contributed by atoms with Crippen LogP contribution in [0.5, 0.6) is 0 Å². The molecule has 0 saturated heterocycles. The molecule has 0 heterocycles. The Labute approximate surface area is 308 Å². The zero-order chi connectivity index (χ0) is 33.7. The van der Waals surface area contributed by atoms with Crippen LogP contribution in [-0.2, 0) is 0 Å². The van der Waals surface area contributed by atoms with Crippen molar-refractivity contribution in [2.24, 2.45) is 71.0 Å². The fourth-order valence-electron chi connectivity index (χ4n) is 8.97. The quantitative estimate of drug-likeness (QED) is 0.261. The lowest BCUT2D eigenvalue weighted by Crippen LogP contribution is -2.20. The highest BCUT2D eigenvalue weighted by Gasteiger charge is 2.25. The van der Waals surface area contributed by atoms with Crippen LogP contribution in [0.1, 0.15) is 192 Å². The van der Waals surface area contributed by atoms with Gasteiger partial charge in [-0.1, -0.05) is 159 Å². The summed E-state index contributed by atoms with van der Waals surface area (Å²) in [5.41, 5.74) is 6.37. The molecule has 4 aliphatic rings. The Morgan fingerprint density at radius 1 is 0.354 bits per heavy atom. The van der Waals surface area contributed by atoms with Crippen LogP contribution in [0.3, 0.4) is 0 Å². The van der Waals surface area contributed by atoms with Gasteiger partial charge in [-0.15, -0.1) is 0 Å². The van der Waals surface area contributed by atoms with Gasteiger partial charge in [-0.25, -0.2) is 0 Å². The van der Waals surface area contributed by atoms with Gasteiger partial charge < -0.3 is 0 Å². The van der Waals surface area contributed by atoms with Crippen molar-refractivity contribution in [3.63, 3.8) is 0 Å². The molecule has 288 valence electrons. The number of allylic oxidation sites excluding steroid dienone is 8. The first-order chi connectivity index (χ1) is 20.4. The van der Waals surface area contributed by atoms with E-state index in [1.54, 1.807) is 22.3 Å². The van der Waals surface area contributed by atoms with E-state index < -0.39 is 0 Å². The molecule has 0 heteroatoms. The van der Waals surface area contributed by atoms with E-state index in [0.29, 0.717) is 0 Å². The van der Waals surface area contributed by atoms with Gasteiger partial charge in [-0.3, -0.25) is 0 Å². The average Bonchev–Trinajstić information content (AvgIpc) is 2.89. The first-order valence-corrected chi connectivity index (χ1v) is 19.1. The summed E-state index contributed by atoms with van der Waals surface area (Å²) in [6.07, 6.45) is 20.2. The minimum atomic E-state index is 0. The van der Waals surface area contributed by atoms with Crippen LogP contribution in [0.2, 0.25) is 0 Å². The zero-order valence-corrected chi connectivity index (χ0v) is 32.9. The highest BCUT2D eigenvalue weighted by Crippen LogP contribution is 2.36. The fraction of sp³-hybridized carbons (Fsp3) is 0.833. The van der Waals surface area contributed by atoms with E-state index in [2.05, 4.69) is 135 Å². The van der Waals surface area contributed by atoms with Gasteiger partial charge in [0.15, 0.2) is 0 Å². The Balaban J connectivity index is -0.000000262. The molecule has 0 saturated carbocycles. The number of hydrogen-bond acceptors (Lipinski definition) is 0. The smallest absolute Gasteiger partial charge is 0.0294 e. The van der Waals surface area contributed by atoms with Crippen molar-refractivity contribution in [1.29, 1.82) is 0 Å². The Bertz CT molecular complexity index is 766. The summed E-state index contributed by atoms with van der Waals surface area (Å²) in [5.74, 6) is 10.8. The van der Waals surface area contributed by atoms with Gasteiger partial charge >= 0.3 is 0 Å². The second kappa shape index (κ2) is 26.7. The zero-order valence-electron chi connectivity index (χ0n) is 32.9. The highest BCUT2D eigenvalue weighted by molar-refractivity contribution is 5.07. The molecular weight excluding hydrogens is 577 g/mol. The standard InChI is InChI=1S/4C11H20.4CH4/c4*1-8(2)11-6-5-9(3)7-10(11)4;;;;/h4*5,8,10-11H,6-7H2,1-4H3;4*1H4/t2*10-,11+;2*10-,11-;;;;/m1010..../s1. The molecule has 0 amide bonds. The molecule has 0 aromatic rings. The van der Waals surface area contributed by atoms with Gasteiger partial charge in [-0.05, 0) is 150 Å². The van der Waals surface area contributed by atoms with Crippen molar-refractivity contribution in [2.45, 2.75) is 192 Å². The van der Waals surface area contributed by atoms with Gasteiger partial charge in [0.1, 0.15) is 0 Å². The molecule has 0 N–H and O–H groups in total. The molecule has 0 aromatic heterocycles. The van der Waals surface area contributed by atoms with E-state index in [1.807, 2.05) is 0 Å². The molecule has 4 aliphatic carbocycles. The predicted octanol–water partition coefficient (Wildman–Crippen LogP) is 17.1. The van der Waals surface area contributed by atoms with Crippen molar-refractivity contribution < 1.29 is 0 Å². The van der Waals surface area contributed by atoms with Crippen LogP contribution in [0, 0.1) is 71.0 Å². The maximum Gasteiger partial charge on any atom is -0.0294 e. The van der Waals surface area contributed by atoms with E-state index in [1.165, 1.54) is 51.4 Å². The summed E-state index contributed by atoms with van der Waals surface area (Å²) in [7, 11) is 0. The van der Waals surface area contributed by atoms with Gasteiger partial charge in [0, 0.05) is 0 Å². The molecule has 0 radical (unpaired) electrons. The Morgan fingerprint density at radius 3 is 0.604 bits per heavy atom. The molecule has 4 rings (SSSR count). The monoisotopic (exact) mass is 673 g/mol. The Kier molecular flexibility index (Phi) is 29.9. The van der Waals surface area contributed by atoms with Crippen molar-refractivity contribution in [3.05, 3.63) is 46.6 Å². The van der Waals surface area contributed by atoms with Crippen LogP contribution < -0.4 is 0 Å². The van der Waals surface area contributed by atoms with Gasteiger partial charge in [0.05, 0.1) is 0 Å². The van der Waals surface area contributed by atoms with E-state index >= 15 is 0 Å². The molecule has 0 bridgehead atoms. The summed E-state index contributed by atoms with van der Waals surface area (Å²) >= 11 is 0. The van der Waals surface area contributed by atoms with Crippen molar-refractivity contribution >= 4 is 0 Å². The van der Waals surface area contributed by atoms with Gasteiger partial charge in [0.25, 0.3) is 0 Å². The number of rotatable bonds is 4. The molecular formula is C48H96. The largest absolute Gasteiger partial charge is 0.0853 e. The Morgan fingerprint density at radius 2 is 0.500 bits per heavy atom. The minimum Gasteiger partial charge on any atom is -0.0853 e. The van der Waals surface area contributed by atoms with Crippen LogP contribution in [0.4, 0.5) is 0 Å². The molecule has 48 heavy (non-hydrogen) atoms. The minimum absolute atomic E-state index is 0. The van der Waals surface area contributed by atoms with Gasteiger partial charge in [-0.2, -0.15) is 0 Å². The summed E-state index contributed by atoms with van der Waals surface area (Å²) in [6.45, 7) is 37.3. The molecule has 0 fully saturated rings. The fourth-order valence-corrected chi connectivity index (χ4v) is 8.97. The third kappa shape index (κ3) is 19.4. The molecule has 8 atom stereocenters. The SMILES string of the molecule is C.C.C.C.CC1=CC[C@@H](C(C)C)[C@@H](C)C1.CC1=CC[C@@H](C(C)C)[C@H](C)C1.CC1=CC[C@H](C(C)C)[C@@H](C)C1.CC1=CC[C@H](C(C)C)[C@H](C)C1. The highest BCUT2D eigenvalue weighted by atomic mass is 14.3. The third-order valence-corrected chi connectivity index (χ3v) is 11.9. The average molecular weight is 673 g/mol. The Hall–Kier alpha value is -1.04. The first kappa shape index (κ1) is 53.7. The molecule has 0 unspecified atom stereocenters. The molecule has 0 spiro atoms. The second-order valence-electron chi connectivity index (χ2n) is 17.5. The van der Waals surface area contributed by atoms with E-state index in [4.69, 9.17) is 0 Å². The maximum absolute atomic E-state index is 2.42. The maximum atomic E-state index is 2.42. The van der Waals surface area contributed by atoms with Gasteiger partial charge in [0.2, 0.25) is 0 Å². The third-order valence-electron chi connectivity index (χ3n) is 11.9. The van der Waals surface area contributed by atoms with Crippen LogP contribution in [-0.4, -0.2) is 0 Å². The lowest BCUT2D eigenvalue weighted by atomic mass is 9.75. The van der Waals surface area contributed by atoms with E-state index in [9.17, 15) is 0 Å². The summed E-state index contributed by atoms with van der Waals surface area (Å²) < 4.78 is 0. The predicted molar refractivity (Wildman–Crippen MR) is 229 cm³/mol. The van der Waals surface area contributed by atoms with Crippen LogP contribution >= 0.6 is 0 Å². The number of hydrogen-bond donors (Lipinski definition) is 0. The van der Waals surface area contributed by atoms with E-state index in [0.717, 1.165) is 71.0 Å². The summed E-state index contributed by atoms with van der Waals surface area (Å²) in [4.78, 5) is 0. The van der Waals surface area contributed by atoms with Crippen molar-refractivity contribution in [3.8, 4) is 0 Å². The van der Waals surface area contributed by atoms with Crippen molar-refractivity contribution in [2.75, 3.05) is 0 Å². The summed E-state index contributed by atoms with van der Waals surface area (Å²) in [5, 5.41) is 0. The lowest BCUT2D eigenvalue weighted by molar-refractivity contribution is 0.259. The van der Waals surface area contributed by atoms with Crippen molar-refractivity contribution in [1.82, 2.24) is 0 Å². The second-order valence-corrected chi connectivity index (χ2v) is 17.5.